The molecule has 2 heterocycles. The van der Waals surface area contributed by atoms with Crippen molar-refractivity contribution in [1.29, 1.82) is 0 Å². The van der Waals surface area contributed by atoms with Gasteiger partial charge in [0.1, 0.15) is 0 Å². The van der Waals surface area contributed by atoms with Crippen LogP contribution in [0.25, 0.3) is 0 Å². The van der Waals surface area contributed by atoms with Gasteiger partial charge in [0.05, 0.1) is 12.7 Å². The number of amides is 3. The number of aryl methyl sites for hydroxylation is 1. The molecule has 1 saturated heterocycles. The Hall–Kier alpha value is -1.54. The molecular formula is C13H21N5O2S. The van der Waals surface area contributed by atoms with Crippen LogP contribution in [0.1, 0.15) is 18.5 Å². The van der Waals surface area contributed by atoms with E-state index in [0.717, 1.165) is 23.6 Å². The number of carbonyl (C=O) groups excluding carboxylic acids is 2. The molecule has 3 amide bonds. The van der Waals surface area contributed by atoms with Gasteiger partial charge in [0.2, 0.25) is 5.91 Å². The van der Waals surface area contributed by atoms with E-state index in [1.165, 1.54) is 0 Å². The third kappa shape index (κ3) is 4.47. The molecule has 1 aromatic heterocycles. The van der Waals surface area contributed by atoms with Gasteiger partial charge >= 0.3 is 6.03 Å². The Morgan fingerprint density at radius 3 is 3.00 bits per heavy atom. The zero-order chi connectivity index (χ0) is 15.2. The molecule has 116 valence electrons. The average Bonchev–Trinajstić information content (AvgIpc) is 2.86. The van der Waals surface area contributed by atoms with Crippen molar-refractivity contribution in [3.8, 4) is 0 Å². The van der Waals surface area contributed by atoms with Crippen LogP contribution in [0.3, 0.4) is 0 Å². The number of nitrogens with one attached hydrogen (secondary N) is 2. The van der Waals surface area contributed by atoms with Crippen molar-refractivity contribution in [2.75, 3.05) is 31.1 Å². The summed E-state index contributed by atoms with van der Waals surface area (Å²) in [4.78, 5) is 25.4. The van der Waals surface area contributed by atoms with Crippen LogP contribution in [0.5, 0.6) is 0 Å². The lowest BCUT2D eigenvalue weighted by Crippen LogP contribution is -2.47. The summed E-state index contributed by atoms with van der Waals surface area (Å²) in [6, 6.07) is -0.274. The maximum Gasteiger partial charge on any atom is 0.321 e. The van der Waals surface area contributed by atoms with Crippen LogP contribution in [0.2, 0.25) is 0 Å². The summed E-state index contributed by atoms with van der Waals surface area (Å²) in [7, 11) is 1.88. The van der Waals surface area contributed by atoms with Gasteiger partial charge in [0.15, 0.2) is 0 Å². The fraction of sp³-hybridized carbons (Fsp3) is 0.615. The molecule has 1 aromatic rings. The summed E-state index contributed by atoms with van der Waals surface area (Å²) in [5.41, 5.74) is 1.11. The summed E-state index contributed by atoms with van der Waals surface area (Å²) >= 11 is 1.87. The predicted octanol–water partition coefficient (Wildman–Crippen LogP) is 0.356. The molecule has 0 spiro atoms. The first-order chi connectivity index (χ1) is 10.1. The minimum absolute atomic E-state index is 0.164. The van der Waals surface area contributed by atoms with E-state index in [9.17, 15) is 9.59 Å². The van der Waals surface area contributed by atoms with E-state index in [1.807, 2.05) is 38.1 Å². The van der Waals surface area contributed by atoms with E-state index < -0.39 is 6.03 Å². The highest BCUT2D eigenvalue weighted by molar-refractivity contribution is 7.99. The lowest BCUT2D eigenvalue weighted by atomic mass is 10.1. The smallest absolute Gasteiger partial charge is 0.321 e. The molecule has 0 radical (unpaired) electrons. The Morgan fingerprint density at radius 1 is 1.52 bits per heavy atom. The summed E-state index contributed by atoms with van der Waals surface area (Å²) in [6.45, 7) is 3.35. The van der Waals surface area contributed by atoms with Gasteiger partial charge in [-0.2, -0.15) is 16.9 Å². The molecule has 1 fully saturated rings. The minimum atomic E-state index is -0.438. The van der Waals surface area contributed by atoms with Crippen LogP contribution in [0, 0.1) is 0 Å². The first-order valence-electron chi connectivity index (χ1n) is 6.98. The molecule has 7 nitrogen and oxygen atoms in total. The van der Waals surface area contributed by atoms with E-state index in [1.54, 1.807) is 4.68 Å². The molecule has 0 aromatic carbocycles. The molecule has 0 bridgehead atoms. The fourth-order valence-electron chi connectivity index (χ4n) is 2.30. The third-order valence-electron chi connectivity index (χ3n) is 3.29. The minimum Gasteiger partial charge on any atom is -0.338 e. The van der Waals surface area contributed by atoms with Crippen molar-refractivity contribution >= 4 is 23.7 Å². The van der Waals surface area contributed by atoms with Crippen LogP contribution in [0.4, 0.5) is 4.79 Å². The van der Waals surface area contributed by atoms with Crippen molar-refractivity contribution in [3.05, 3.63) is 18.0 Å². The second-order valence-corrected chi connectivity index (χ2v) is 6.07. The van der Waals surface area contributed by atoms with E-state index in [4.69, 9.17) is 0 Å². The number of rotatable bonds is 4. The highest BCUT2D eigenvalue weighted by Gasteiger charge is 2.27. The van der Waals surface area contributed by atoms with Gasteiger partial charge in [-0.05, 0) is 6.92 Å². The van der Waals surface area contributed by atoms with Gasteiger partial charge in [-0.1, -0.05) is 0 Å². The van der Waals surface area contributed by atoms with Crippen molar-refractivity contribution < 1.29 is 9.59 Å². The Morgan fingerprint density at radius 2 is 2.33 bits per heavy atom. The van der Waals surface area contributed by atoms with Crippen molar-refractivity contribution in [1.82, 2.24) is 25.3 Å². The number of hydrogen-bond donors (Lipinski definition) is 2. The molecule has 2 rings (SSSR count). The molecule has 1 unspecified atom stereocenters. The van der Waals surface area contributed by atoms with Crippen molar-refractivity contribution in [2.24, 2.45) is 7.05 Å². The first kappa shape index (κ1) is 15.8. The van der Waals surface area contributed by atoms with Crippen LogP contribution >= 0.6 is 11.8 Å². The van der Waals surface area contributed by atoms with Gasteiger partial charge in [-0.25, -0.2) is 4.79 Å². The first-order valence-corrected chi connectivity index (χ1v) is 8.13. The molecule has 8 heteroatoms. The van der Waals surface area contributed by atoms with E-state index in [2.05, 4.69) is 20.6 Å². The number of urea groups is 1. The van der Waals surface area contributed by atoms with Gasteiger partial charge < -0.3 is 5.32 Å². The molecule has 21 heavy (non-hydrogen) atoms. The zero-order valence-electron chi connectivity index (χ0n) is 12.3. The maximum absolute atomic E-state index is 11.9. The highest BCUT2D eigenvalue weighted by Crippen LogP contribution is 2.28. The number of aromatic nitrogens is 2. The molecule has 1 atom stereocenters. The lowest BCUT2D eigenvalue weighted by molar-refractivity contribution is -0.121. The SMILES string of the molecule is CCNC(=O)NC(=O)CN1CCSCC1c1cnn(C)c1. The summed E-state index contributed by atoms with van der Waals surface area (Å²) in [5, 5.41) is 9.09. The van der Waals surface area contributed by atoms with Gasteiger partial charge in [0, 0.05) is 49.4 Å². The number of thioether (sulfide) groups is 1. The van der Waals surface area contributed by atoms with E-state index in [0.29, 0.717) is 6.54 Å². The maximum atomic E-state index is 11.9. The molecule has 1 aliphatic rings. The van der Waals surface area contributed by atoms with Gasteiger partial charge in [-0.15, -0.1) is 0 Å². The number of carbonyl (C=O) groups is 2. The highest BCUT2D eigenvalue weighted by atomic mass is 32.2. The third-order valence-corrected chi connectivity index (χ3v) is 4.31. The summed E-state index contributed by atoms with van der Waals surface area (Å²) in [6.07, 6.45) is 3.82. The van der Waals surface area contributed by atoms with Gasteiger partial charge in [0.25, 0.3) is 0 Å². The quantitative estimate of drug-likeness (QED) is 0.839. The summed E-state index contributed by atoms with van der Waals surface area (Å²) in [5.74, 6) is 1.65. The van der Waals surface area contributed by atoms with Crippen LogP contribution in [-0.4, -0.2) is 57.8 Å². The summed E-state index contributed by atoms with van der Waals surface area (Å²) < 4.78 is 1.77. The second-order valence-electron chi connectivity index (χ2n) is 4.92. The van der Waals surface area contributed by atoms with Crippen LogP contribution in [-0.2, 0) is 11.8 Å². The largest absolute Gasteiger partial charge is 0.338 e. The van der Waals surface area contributed by atoms with Crippen LogP contribution in [0.15, 0.2) is 12.4 Å². The molecule has 0 saturated carbocycles. The zero-order valence-corrected chi connectivity index (χ0v) is 13.2. The fourth-order valence-corrected chi connectivity index (χ4v) is 3.46. The van der Waals surface area contributed by atoms with Crippen molar-refractivity contribution in [2.45, 2.75) is 13.0 Å². The number of imide groups is 1. The molecule has 0 aliphatic carbocycles. The van der Waals surface area contributed by atoms with Crippen LogP contribution < -0.4 is 10.6 Å². The normalized spacial score (nSPS) is 19.2. The number of hydrogen-bond acceptors (Lipinski definition) is 5. The Labute approximate surface area is 128 Å². The van der Waals surface area contributed by atoms with Gasteiger partial charge in [-0.3, -0.25) is 19.7 Å². The topological polar surface area (TPSA) is 79.3 Å². The Kier molecular flexibility index (Phi) is 5.63. The van der Waals surface area contributed by atoms with E-state index >= 15 is 0 Å². The van der Waals surface area contributed by atoms with E-state index in [-0.39, 0.29) is 18.5 Å². The Bertz CT molecular complexity index is 505. The molecule has 1 aliphatic heterocycles. The average molecular weight is 311 g/mol. The molecule has 2 N–H and O–H groups in total. The standard InChI is InChI=1S/C13H21N5O2S/c1-3-14-13(20)16-12(19)8-18-4-5-21-9-11(18)10-6-15-17(2)7-10/h6-7,11H,3-5,8-9H2,1-2H3,(H2,14,16,19,20). The second kappa shape index (κ2) is 7.46. The molecular weight excluding hydrogens is 290 g/mol. The Balaban J connectivity index is 1.96. The number of nitrogens with zero attached hydrogens (tertiary/aromatic N) is 3. The monoisotopic (exact) mass is 311 g/mol. The van der Waals surface area contributed by atoms with Crippen molar-refractivity contribution in [3.63, 3.8) is 0 Å². The predicted molar refractivity (Wildman–Crippen MR) is 82.1 cm³/mol. The lowest BCUT2D eigenvalue weighted by Gasteiger charge is -2.34.